The highest BCUT2D eigenvalue weighted by Gasteiger charge is 2.01. The van der Waals surface area contributed by atoms with Gasteiger partial charge < -0.3 is 4.57 Å². The van der Waals surface area contributed by atoms with Gasteiger partial charge in [-0.1, -0.05) is 24.3 Å². The molecular weight excluding hydrogens is 172 g/mol. The molecule has 2 nitrogen and oxygen atoms in total. The minimum Gasteiger partial charge on any atom is -0.350 e. The van der Waals surface area contributed by atoms with Gasteiger partial charge in [0, 0.05) is 24.1 Å². The van der Waals surface area contributed by atoms with Crippen LogP contribution in [0.3, 0.4) is 0 Å². The second kappa shape index (κ2) is 3.39. The molecule has 0 aliphatic carbocycles. The minimum atomic E-state index is 1.10. The molecule has 0 amide bonds. The lowest BCUT2D eigenvalue weighted by Crippen LogP contribution is -1.81. The van der Waals surface area contributed by atoms with Crippen LogP contribution >= 0.6 is 0 Å². The van der Waals surface area contributed by atoms with Gasteiger partial charge in [-0.05, 0) is 11.6 Å². The fourth-order valence-electron chi connectivity index (χ4n) is 1.62. The summed E-state index contributed by atoms with van der Waals surface area (Å²) in [5, 5.41) is 1.19. The monoisotopic (exact) mass is 182 g/mol. The van der Waals surface area contributed by atoms with Crippen molar-refractivity contribution in [2.45, 2.75) is 0 Å². The Bertz CT molecular complexity index is 527. The summed E-state index contributed by atoms with van der Waals surface area (Å²) in [4.78, 5) is 3.21. The Morgan fingerprint density at radius 1 is 1.36 bits per heavy atom. The van der Waals surface area contributed by atoms with Gasteiger partial charge in [-0.3, -0.25) is 0 Å². The Hall–Kier alpha value is -2.01. The molecule has 14 heavy (non-hydrogen) atoms. The van der Waals surface area contributed by atoms with Crippen LogP contribution in [0, 0.1) is 6.57 Å². The highest BCUT2D eigenvalue weighted by molar-refractivity contribution is 5.89. The average Bonchev–Trinajstić information content (AvgIpc) is 2.54. The zero-order valence-corrected chi connectivity index (χ0v) is 7.94. The van der Waals surface area contributed by atoms with E-state index in [1.165, 1.54) is 17.1 Å². The van der Waals surface area contributed by atoms with Gasteiger partial charge in [-0.2, -0.15) is 0 Å². The number of rotatable bonds is 1. The van der Waals surface area contributed by atoms with Crippen LogP contribution in [0.15, 0.2) is 36.7 Å². The van der Waals surface area contributed by atoms with Crippen molar-refractivity contribution >= 4 is 17.0 Å². The summed E-state index contributed by atoms with van der Waals surface area (Å²) in [6.07, 6.45) is 5.36. The molecule has 0 aliphatic rings. The first-order chi connectivity index (χ1) is 6.83. The summed E-state index contributed by atoms with van der Waals surface area (Å²) in [5.74, 6) is 0. The quantitative estimate of drug-likeness (QED) is 0.599. The third kappa shape index (κ3) is 1.29. The lowest BCUT2D eigenvalue weighted by Gasteiger charge is -1.92. The normalized spacial score (nSPS) is 10.9. The van der Waals surface area contributed by atoms with E-state index in [0.717, 1.165) is 5.56 Å². The molecule has 0 saturated carbocycles. The van der Waals surface area contributed by atoms with E-state index in [1.807, 2.05) is 31.5 Å². The van der Waals surface area contributed by atoms with Gasteiger partial charge in [0.15, 0.2) is 6.20 Å². The molecule has 0 radical (unpaired) electrons. The third-order valence-corrected chi connectivity index (χ3v) is 2.26. The Morgan fingerprint density at radius 3 is 2.93 bits per heavy atom. The summed E-state index contributed by atoms with van der Waals surface area (Å²) in [6, 6.07) is 8.17. The van der Waals surface area contributed by atoms with Crippen molar-refractivity contribution in [3.05, 3.63) is 53.6 Å². The molecule has 0 bridgehead atoms. The fraction of sp³-hybridized carbons (Fsp3) is 0.0833. The topological polar surface area (TPSA) is 9.29 Å². The number of fused-ring (bicyclic) bond motifs is 1. The van der Waals surface area contributed by atoms with E-state index in [1.54, 1.807) is 0 Å². The second-order valence-electron chi connectivity index (χ2n) is 3.16. The van der Waals surface area contributed by atoms with E-state index in [9.17, 15) is 0 Å². The van der Waals surface area contributed by atoms with Crippen molar-refractivity contribution in [3.63, 3.8) is 0 Å². The second-order valence-corrected chi connectivity index (χ2v) is 3.16. The Balaban J connectivity index is 2.68. The highest BCUT2D eigenvalue weighted by atomic mass is 14.9. The molecular formula is C12H10N2. The van der Waals surface area contributed by atoms with Crippen LogP contribution in [0.2, 0.25) is 0 Å². The maximum atomic E-state index is 6.70. The number of para-hydroxylation sites is 1. The molecule has 0 saturated heterocycles. The fourth-order valence-corrected chi connectivity index (χ4v) is 1.62. The van der Waals surface area contributed by atoms with Crippen molar-refractivity contribution in [1.29, 1.82) is 0 Å². The van der Waals surface area contributed by atoms with E-state index < -0.39 is 0 Å². The summed E-state index contributed by atoms with van der Waals surface area (Å²) in [5.41, 5.74) is 2.29. The number of aromatic nitrogens is 1. The predicted octanol–water partition coefficient (Wildman–Crippen LogP) is 3.07. The van der Waals surface area contributed by atoms with Gasteiger partial charge >= 0.3 is 0 Å². The number of hydrogen-bond donors (Lipinski definition) is 0. The third-order valence-electron chi connectivity index (χ3n) is 2.26. The van der Waals surface area contributed by atoms with Crippen molar-refractivity contribution in [1.82, 2.24) is 4.57 Å². The van der Waals surface area contributed by atoms with Gasteiger partial charge in [-0.15, -0.1) is 0 Å². The van der Waals surface area contributed by atoms with Gasteiger partial charge in [0.1, 0.15) is 0 Å². The number of hydrogen-bond acceptors (Lipinski definition) is 0. The van der Waals surface area contributed by atoms with E-state index in [0.29, 0.717) is 0 Å². The van der Waals surface area contributed by atoms with E-state index in [2.05, 4.69) is 21.5 Å². The van der Waals surface area contributed by atoms with E-state index in [4.69, 9.17) is 6.57 Å². The lowest BCUT2D eigenvalue weighted by molar-refractivity contribution is 0.968. The van der Waals surface area contributed by atoms with Gasteiger partial charge in [0.25, 0.3) is 0 Å². The molecule has 0 unspecified atom stereocenters. The highest BCUT2D eigenvalue weighted by Crippen LogP contribution is 2.21. The van der Waals surface area contributed by atoms with Crippen LogP contribution in [-0.2, 0) is 7.05 Å². The van der Waals surface area contributed by atoms with Crippen molar-refractivity contribution in [3.8, 4) is 0 Å². The Kier molecular flexibility index (Phi) is 2.08. The summed E-state index contributed by atoms with van der Waals surface area (Å²) in [6.45, 7) is 6.70. The molecule has 1 aromatic carbocycles. The van der Waals surface area contributed by atoms with Gasteiger partial charge in [-0.25, -0.2) is 4.85 Å². The van der Waals surface area contributed by atoms with E-state index in [-0.39, 0.29) is 0 Å². The Morgan fingerprint density at radius 2 is 2.14 bits per heavy atom. The number of benzene rings is 1. The number of aryl methyl sites for hydroxylation is 1. The van der Waals surface area contributed by atoms with Crippen LogP contribution < -0.4 is 0 Å². The molecule has 0 atom stereocenters. The predicted molar refractivity (Wildman–Crippen MR) is 58.6 cm³/mol. The van der Waals surface area contributed by atoms with Crippen LogP contribution in [0.5, 0.6) is 0 Å². The van der Waals surface area contributed by atoms with Gasteiger partial charge in [0.05, 0.1) is 6.57 Å². The van der Waals surface area contributed by atoms with E-state index >= 15 is 0 Å². The standard InChI is InChI=1S/C12H10N2/c1-13-8-7-10-9-14(2)12-6-4-3-5-11(10)12/h3-9H,2H3/b8-7+. The molecule has 0 fully saturated rings. The zero-order chi connectivity index (χ0) is 9.97. The zero-order valence-electron chi connectivity index (χ0n) is 7.94. The van der Waals surface area contributed by atoms with Crippen LogP contribution in [-0.4, -0.2) is 4.57 Å². The molecule has 68 valence electrons. The van der Waals surface area contributed by atoms with Crippen molar-refractivity contribution < 1.29 is 0 Å². The lowest BCUT2D eigenvalue weighted by atomic mass is 10.2. The van der Waals surface area contributed by atoms with Gasteiger partial charge in [0.2, 0.25) is 0 Å². The molecule has 1 heterocycles. The first-order valence-electron chi connectivity index (χ1n) is 4.40. The van der Waals surface area contributed by atoms with Crippen LogP contribution in [0.25, 0.3) is 21.8 Å². The number of nitrogens with zero attached hydrogens (tertiary/aromatic N) is 2. The summed E-state index contributed by atoms with van der Waals surface area (Å²) in [7, 11) is 2.01. The maximum Gasteiger partial charge on any atom is 0.154 e. The molecule has 2 heteroatoms. The molecule has 2 rings (SSSR count). The Labute approximate surface area is 82.9 Å². The minimum absolute atomic E-state index is 1.10. The molecule has 0 spiro atoms. The maximum absolute atomic E-state index is 6.70. The smallest absolute Gasteiger partial charge is 0.154 e. The molecule has 0 N–H and O–H groups in total. The SMILES string of the molecule is [C-]#[N+]/C=C/c1cn(C)c2ccccc12. The largest absolute Gasteiger partial charge is 0.350 e. The first kappa shape index (κ1) is 8.58. The van der Waals surface area contributed by atoms with Crippen molar-refractivity contribution in [2.75, 3.05) is 0 Å². The summed E-state index contributed by atoms with van der Waals surface area (Å²) >= 11 is 0. The molecule has 0 aliphatic heterocycles. The first-order valence-corrected chi connectivity index (χ1v) is 4.40. The molecule has 2 aromatic rings. The van der Waals surface area contributed by atoms with Crippen LogP contribution in [0.4, 0.5) is 0 Å². The van der Waals surface area contributed by atoms with Crippen molar-refractivity contribution in [2.24, 2.45) is 7.05 Å². The molecule has 1 aromatic heterocycles. The summed E-state index contributed by atoms with van der Waals surface area (Å²) < 4.78 is 2.07. The van der Waals surface area contributed by atoms with Crippen LogP contribution in [0.1, 0.15) is 5.56 Å². The average molecular weight is 182 g/mol.